The van der Waals surface area contributed by atoms with Gasteiger partial charge in [0.25, 0.3) is 0 Å². The lowest BCUT2D eigenvalue weighted by Gasteiger charge is -2.15. The van der Waals surface area contributed by atoms with Crippen LogP contribution in [0.15, 0.2) is 24.3 Å². The van der Waals surface area contributed by atoms with Gasteiger partial charge in [0.15, 0.2) is 0 Å². The van der Waals surface area contributed by atoms with E-state index in [0.29, 0.717) is 12.1 Å². The Morgan fingerprint density at radius 2 is 1.85 bits per heavy atom. The minimum atomic E-state index is -0.881. The van der Waals surface area contributed by atoms with Gasteiger partial charge in [-0.1, -0.05) is 13.8 Å². The van der Waals surface area contributed by atoms with E-state index in [4.69, 9.17) is 5.11 Å². The molecule has 0 aliphatic heterocycles. The van der Waals surface area contributed by atoms with Crippen LogP contribution < -0.4 is 10.6 Å². The molecule has 1 unspecified atom stereocenters. The summed E-state index contributed by atoms with van der Waals surface area (Å²) >= 11 is 2.18. The zero-order chi connectivity index (χ0) is 15.1. The van der Waals surface area contributed by atoms with Crippen LogP contribution in [-0.2, 0) is 4.79 Å². The molecule has 1 atom stereocenters. The number of aliphatic carboxylic acids is 1. The number of carboxylic acid groups (broad SMARTS) is 1. The van der Waals surface area contributed by atoms with Gasteiger partial charge in [-0.2, -0.15) is 0 Å². The SMILES string of the molecule is CC(C)CC(CNC(=O)Nc1ccc(I)cc1)C(=O)O. The molecule has 1 aromatic carbocycles. The third kappa shape index (κ3) is 6.23. The van der Waals surface area contributed by atoms with Crippen LogP contribution >= 0.6 is 22.6 Å². The van der Waals surface area contributed by atoms with Gasteiger partial charge in [-0.3, -0.25) is 4.79 Å². The molecule has 0 radical (unpaired) electrons. The lowest BCUT2D eigenvalue weighted by atomic mass is 9.97. The smallest absolute Gasteiger partial charge is 0.319 e. The van der Waals surface area contributed by atoms with Crippen molar-refractivity contribution in [2.45, 2.75) is 20.3 Å². The van der Waals surface area contributed by atoms with Gasteiger partial charge in [0.2, 0.25) is 0 Å². The number of urea groups is 1. The molecule has 0 bridgehead atoms. The largest absolute Gasteiger partial charge is 0.481 e. The fourth-order valence-electron chi connectivity index (χ4n) is 1.76. The fourth-order valence-corrected chi connectivity index (χ4v) is 2.12. The highest BCUT2D eigenvalue weighted by molar-refractivity contribution is 14.1. The maximum atomic E-state index is 11.7. The Morgan fingerprint density at radius 3 is 2.35 bits per heavy atom. The van der Waals surface area contributed by atoms with Crippen LogP contribution in [0.4, 0.5) is 10.5 Å². The van der Waals surface area contributed by atoms with Gasteiger partial charge in [-0.05, 0) is 59.2 Å². The number of nitrogens with one attached hydrogen (secondary N) is 2. The summed E-state index contributed by atoms with van der Waals surface area (Å²) in [7, 11) is 0. The molecule has 6 heteroatoms. The fraction of sp³-hybridized carbons (Fsp3) is 0.429. The van der Waals surface area contributed by atoms with E-state index in [1.807, 2.05) is 26.0 Å². The monoisotopic (exact) mass is 390 g/mol. The van der Waals surface area contributed by atoms with Crippen LogP contribution in [0, 0.1) is 15.4 Å². The molecular formula is C14H19IN2O3. The number of amides is 2. The number of hydrogen-bond acceptors (Lipinski definition) is 2. The number of anilines is 1. The van der Waals surface area contributed by atoms with Crippen molar-refractivity contribution in [2.24, 2.45) is 11.8 Å². The Kier molecular flexibility index (Phi) is 6.77. The molecule has 0 saturated carbocycles. The van der Waals surface area contributed by atoms with Crippen LogP contribution in [0.5, 0.6) is 0 Å². The van der Waals surface area contributed by atoms with Crippen molar-refractivity contribution in [3.05, 3.63) is 27.8 Å². The van der Waals surface area contributed by atoms with E-state index in [1.165, 1.54) is 0 Å². The molecule has 1 aromatic rings. The van der Waals surface area contributed by atoms with Gasteiger partial charge in [-0.15, -0.1) is 0 Å². The maximum absolute atomic E-state index is 11.7. The zero-order valence-corrected chi connectivity index (χ0v) is 13.7. The molecule has 2 amide bonds. The number of benzene rings is 1. The number of hydrogen-bond donors (Lipinski definition) is 3. The van der Waals surface area contributed by atoms with Gasteiger partial charge >= 0.3 is 12.0 Å². The normalized spacial score (nSPS) is 12.0. The Morgan fingerprint density at radius 1 is 1.25 bits per heavy atom. The molecule has 20 heavy (non-hydrogen) atoms. The average molecular weight is 390 g/mol. The molecule has 5 nitrogen and oxygen atoms in total. The molecule has 0 saturated heterocycles. The molecule has 0 aliphatic rings. The third-order valence-corrected chi connectivity index (χ3v) is 3.44. The average Bonchev–Trinajstić information content (AvgIpc) is 2.36. The quantitative estimate of drug-likeness (QED) is 0.653. The minimum absolute atomic E-state index is 0.129. The van der Waals surface area contributed by atoms with Crippen molar-refractivity contribution >= 4 is 40.3 Å². The Balaban J connectivity index is 2.45. The van der Waals surface area contributed by atoms with E-state index < -0.39 is 11.9 Å². The molecule has 0 aliphatic carbocycles. The number of halogens is 1. The number of carbonyl (C=O) groups is 2. The molecule has 0 fully saturated rings. The summed E-state index contributed by atoms with van der Waals surface area (Å²) in [5.74, 6) is -1.16. The van der Waals surface area contributed by atoms with Gasteiger partial charge < -0.3 is 15.7 Å². The molecule has 110 valence electrons. The number of carbonyl (C=O) groups excluding carboxylic acids is 1. The van der Waals surface area contributed by atoms with E-state index in [2.05, 4.69) is 33.2 Å². The minimum Gasteiger partial charge on any atom is -0.481 e. The van der Waals surface area contributed by atoms with Crippen LogP contribution in [0.3, 0.4) is 0 Å². The standard InChI is InChI=1S/C14H19IN2O3/c1-9(2)7-10(13(18)19)8-16-14(20)17-12-5-3-11(15)4-6-12/h3-6,9-10H,7-8H2,1-2H3,(H,18,19)(H2,16,17,20). The number of rotatable bonds is 6. The lowest BCUT2D eigenvalue weighted by Crippen LogP contribution is -2.36. The Hall–Kier alpha value is -1.31. The summed E-state index contributed by atoms with van der Waals surface area (Å²) < 4.78 is 1.08. The van der Waals surface area contributed by atoms with Crippen LogP contribution in [0.25, 0.3) is 0 Å². The predicted molar refractivity (Wildman–Crippen MR) is 86.8 cm³/mol. The lowest BCUT2D eigenvalue weighted by molar-refractivity contribution is -0.142. The van der Waals surface area contributed by atoms with Crippen molar-refractivity contribution in [3.63, 3.8) is 0 Å². The first kappa shape index (κ1) is 16.7. The van der Waals surface area contributed by atoms with Crippen molar-refractivity contribution < 1.29 is 14.7 Å². The van der Waals surface area contributed by atoms with E-state index in [-0.39, 0.29) is 18.5 Å². The summed E-state index contributed by atoms with van der Waals surface area (Å²) in [6, 6.07) is 6.97. The Bertz CT molecular complexity index is 460. The second kappa shape index (κ2) is 8.08. The maximum Gasteiger partial charge on any atom is 0.319 e. The van der Waals surface area contributed by atoms with Gasteiger partial charge in [-0.25, -0.2) is 4.79 Å². The highest BCUT2D eigenvalue weighted by Crippen LogP contribution is 2.12. The van der Waals surface area contributed by atoms with E-state index in [1.54, 1.807) is 12.1 Å². The summed E-state index contributed by atoms with van der Waals surface area (Å²) in [5.41, 5.74) is 0.679. The third-order valence-electron chi connectivity index (χ3n) is 2.72. The van der Waals surface area contributed by atoms with Gasteiger partial charge in [0, 0.05) is 15.8 Å². The second-order valence-electron chi connectivity index (χ2n) is 5.01. The highest BCUT2D eigenvalue weighted by Gasteiger charge is 2.19. The van der Waals surface area contributed by atoms with Crippen molar-refractivity contribution in [1.29, 1.82) is 0 Å². The molecule has 0 heterocycles. The predicted octanol–water partition coefficient (Wildman–Crippen LogP) is 3.16. The summed E-state index contributed by atoms with van der Waals surface area (Å²) in [4.78, 5) is 22.8. The molecule has 1 rings (SSSR count). The molecule has 0 spiro atoms. The zero-order valence-electron chi connectivity index (χ0n) is 11.5. The van der Waals surface area contributed by atoms with E-state index in [9.17, 15) is 9.59 Å². The summed E-state index contributed by atoms with van der Waals surface area (Å²) in [6.45, 7) is 4.05. The first-order valence-corrected chi connectivity index (χ1v) is 7.49. The van der Waals surface area contributed by atoms with Crippen molar-refractivity contribution in [2.75, 3.05) is 11.9 Å². The van der Waals surface area contributed by atoms with Crippen LogP contribution in [-0.4, -0.2) is 23.7 Å². The van der Waals surface area contributed by atoms with E-state index in [0.717, 1.165) is 3.57 Å². The Labute approximate surface area is 132 Å². The summed E-state index contributed by atoms with van der Waals surface area (Å²) in [5, 5.41) is 14.4. The topological polar surface area (TPSA) is 78.4 Å². The first-order valence-electron chi connectivity index (χ1n) is 6.41. The molecular weight excluding hydrogens is 371 g/mol. The van der Waals surface area contributed by atoms with Crippen molar-refractivity contribution in [1.82, 2.24) is 5.32 Å². The van der Waals surface area contributed by atoms with Gasteiger partial charge in [0.05, 0.1) is 5.92 Å². The number of carboxylic acids is 1. The first-order chi connectivity index (χ1) is 9.38. The highest BCUT2D eigenvalue weighted by atomic mass is 127. The molecule has 0 aromatic heterocycles. The van der Waals surface area contributed by atoms with Gasteiger partial charge in [0.1, 0.15) is 0 Å². The van der Waals surface area contributed by atoms with Crippen molar-refractivity contribution in [3.8, 4) is 0 Å². The summed E-state index contributed by atoms with van der Waals surface area (Å²) in [6.07, 6.45) is 0.541. The molecule has 3 N–H and O–H groups in total. The van der Waals surface area contributed by atoms with E-state index >= 15 is 0 Å². The second-order valence-corrected chi connectivity index (χ2v) is 6.25. The van der Waals surface area contributed by atoms with Crippen LogP contribution in [0.1, 0.15) is 20.3 Å². The van der Waals surface area contributed by atoms with Crippen LogP contribution in [0.2, 0.25) is 0 Å².